The van der Waals surface area contributed by atoms with Gasteiger partial charge in [-0.25, -0.2) is 4.79 Å². The molecule has 1 aromatic carbocycles. The quantitative estimate of drug-likeness (QED) is 0.315. The van der Waals surface area contributed by atoms with Crippen LogP contribution >= 0.6 is 45.8 Å². The Morgan fingerprint density at radius 2 is 2.12 bits per heavy atom. The number of esters is 1. The summed E-state index contributed by atoms with van der Waals surface area (Å²) in [4.78, 5) is 12.3. The highest BCUT2D eigenvalue weighted by Gasteiger charge is 2.46. The van der Waals surface area contributed by atoms with Crippen LogP contribution in [0, 0.1) is 5.92 Å². The van der Waals surface area contributed by atoms with Crippen LogP contribution in [0.25, 0.3) is 0 Å². The summed E-state index contributed by atoms with van der Waals surface area (Å²) in [5, 5.41) is 0.801. The number of benzene rings is 1. The number of alkyl halides is 1. The standard InChI is InChI=1S/C18H21Cl2IO3/c1-18(16(21)8-11-4-2-3-5-15(11)24-18)10-23-17(22)13-7-6-12(19)9-14(13)20/h6-7,9,11,15-16H,2-5,8,10H2,1H3/t11-,15+,16+,18-/m0/s1. The molecule has 1 aromatic rings. The summed E-state index contributed by atoms with van der Waals surface area (Å²) in [7, 11) is 0. The molecule has 4 atom stereocenters. The van der Waals surface area contributed by atoms with Crippen LogP contribution in [0.3, 0.4) is 0 Å². The van der Waals surface area contributed by atoms with Gasteiger partial charge >= 0.3 is 5.97 Å². The van der Waals surface area contributed by atoms with Gasteiger partial charge in [-0.05, 0) is 50.3 Å². The molecule has 0 spiro atoms. The van der Waals surface area contributed by atoms with Crippen molar-refractivity contribution in [1.82, 2.24) is 0 Å². The smallest absolute Gasteiger partial charge is 0.339 e. The summed E-state index contributed by atoms with van der Waals surface area (Å²) in [6, 6.07) is 4.78. The van der Waals surface area contributed by atoms with Gasteiger partial charge in [0.25, 0.3) is 0 Å². The minimum atomic E-state index is -0.451. The lowest BCUT2D eigenvalue weighted by Gasteiger charge is -2.47. The summed E-state index contributed by atoms with van der Waals surface area (Å²) in [5.41, 5.74) is -0.116. The zero-order valence-electron chi connectivity index (χ0n) is 13.6. The maximum Gasteiger partial charge on any atom is 0.339 e. The van der Waals surface area contributed by atoms with E-state index in [-0.39, 0.29) is 6.61 Å². The van der Waals surface area contributed by atoms with Gasteiger partial charge in [0.15, 0.2) is 0 Å². The lowest BCUT2D eigenvalue weighted by Crippen LogP contribution is -2.53. The first kappa shape index (κ1) is 18.7. The molecule has 3 nitrogen and oxygen atoms in total. The van der Waals surface area contributed by atoms with Crippen LogP contribution in [-0.2, 0) is 9.47 Å². The second-order valence-corrected chi connectivity index (χ2v) is 9.26. The number of hydrogen-bond acceptors (Lipinski definition) is 3. The maximum atomic E-state index is 12.3. The topological polar surface area (TPSA) is 35.5 Å². The van der Waals surface area contributed by atoms with Gasteiger partial charge < -0.3 is 9.47 Å². The molecule has 0 amide bonds. The van der Waals surface area contributed by atoms with Crippen LogP contribution in [0.4, 0.5) is 0 Å². The molecule has 2 aliphatic rings. The van der Waals surface area contributed by atoms with E-state index in [0.717, 1.165) is 12.8 Å². The van der Waals surface area contributed by atoms with E-state index in [4.69, 9.17) is 32.7 Å². The highest BCUT2D eigenvalue weighted by atomic mass is 127. The van der Waals surface area contributed by atoms with Gasteiger partial charge in [0, 0.05) is 8.95 Å². The average molecular weight is 483 g/mol. The number of halogens is 3. The predicted molar refractivity (Wildman–Crippen MR) is 104 cm³/mol. The van der Waals surface area contributed by atoms with Gasteiger partial charge in [-0.2, -0.15) is 0 Å². The first-order chi connectivity index (χ1) is 11.4. The highest BCUT2D eigenvalue weighted by Crippen LogP contribution is 2.43. The average Bonchev–Trinajstić information content (AvgIpc) is 2.54. The van der Waals surface area contributed by atoms with E-state index in [0.29, 0.717) is 31.6 Å². The van der Waals surface area contributed by atoms with Crippen molar-refractivity contribution in [1.29, 1.82) is 0 Å². The third-order valence-corrected chi connectivity index (χ3v) is 7.45. The number of carbonyl (C=O) groups excluding carboxylic acids is 1. The van der Waals surface area contributed by atoms with Gasteiger partial charge in [-0.1, -0.05) is 58.6 Å². The molecule has 2 fully saturated rings. The second kappa shape index (κ2) is 7.68. The van der Waals surface area contributed by atoms with Crippen LogP contribution in [0.15, 0.2) is 18.2 Å². The first-order valence-corrected chi connectivity index (χ1v) is 10.3. The van der Waals surface area contributed by atoms with Gasteiger partial charge in [-0.3, -0.25) is 0 Å². The fraction of sp³-hybridized carbons (Fsp3) is 0.611. The molecule has 6 heteroatoms. The van der Waals surface area contributed by atoms with E-state index in [1.807, 2.05) is 6.92 Å². The Morgan fingerprint density at radius 3 is 2.88 bits per heavy atom. The second-order valence-electron chi connectivity index (χ2n) is 6.92. The molecule has 1 aliphatic carbocycles. The molecule has 1 saturated heterocycles. The number of ether oxygens (including phenoxy) is 2. The first-order valence-electron chi connectivity index (χ1n) is 8.33. The van der Waals surface area contributed by atoms with Crippen LogP contribution in [0.2, 0.25) is 10.0 Å². The zero-order chi connectivity index (χ0) is 17.3. The summed E-state index contributed by atoms with van der Waals surface area (Å²) < 4.78 is 12.3. The van der Waals surface area contributed by atoms with E-state index in [2.05, 4.69) is 22.6 Å². The molecule has 24 heavy (non-hydrogen) atoms. The largest absolute Gasteiger partial charge is 0.459 e. The number of carbonyl (C=O) groups is 1. The molecule has 0 N–H and O–H groups in total. The molecule has 1 heterocycles. The van der Waals surface area contributed by atoms with Crippen molar-refractivity contribution in [3.63, 3.8) is 0 Å². The number of fused-ring (bicyclic) bond motifs is 1. The molecule has 1 saturated carbocycles. The van der Waals surface area contributed by atoms with Crippen molar-refractivity contribution in [2.75, 3.05) is 6.61 Å². The van der Waals surface area contributed by atoms with Crippen molar-refractivity contribution < 1.29 is 14.3 Å². The monoisotopic (exact) mass is 482 g/mol. The van der Waals surface area contributed by atoms with Crippen LogP contribution in [0.1, 0.15) is 49.4 Å². The van der Waals surface area contributed by atoms with Crippen LogP contribution in [-0.4, -0.2) is 28.2 Å². The molecule has 0 unspecified atom stereocenters. The molecule has 3 rings (SSSR count). The Morgan fingerprint density at radius 1 is 1.38 bits per heavy atom. The van der Waals surface area contributed by atoms with Gasteiger partial charge in [0.1, 0.15) is 12.2 Å². The van der Waals surface area contributed by atoms with Gasteiger partial charge in [0.05, 0.1) is 16.7 Å². The highest BCUT2D eigenvalue weighted by molar-refractivity contribution is 14.1. The zero-order valence-corrected chi connectivity index (χ0v) is 17.2. The normalized spacial score (nSPS) is 32.9. The molecular formula is C18H21Cl2IO3. The summed E-state index contributed by atoms with van der Waals surface area (Å²) in [5.74, 6) is 0.214. The summed E-state index contributed by atoms with van der Waals surface area (Å²) in [6.45, 7) is 2.29. The lowest BCUT2D eigenvalue weighted by molar-refractivity contribution is -0.165. The lowest BCUT2D eigenvalue weighted by atomic mass is 9.78. The predicted octanol–water partition coefficient (Wildman–Crippen LogP) is 5.69. The Hall–Kier alpha value is -0.0400. The third kappa shape index (κ3) is 4.02. The Bertz CT molecular complexity index is 624. The van der Waals surface area contributed by atoms with Crippen LogP contribution in [0.5, 0.6) is 0 Å². The van der Waals surface area contributed by atoms with Crippen molar-refractivity contribution in [3.8, 4) is 0 Å². The summed E-state index contributed by atoms with van der Waals surface area (Å²) >= 11 is 14.4. The minimum absolute atomic E-state index is 0.238. The van der Waals surface area contributed by atoms with Crippen molar-refractivity contribution >= 4 is 51.8 Å². The van der Waals surface area contributed by atoms with E-state index >= 15 is 0 Å². The van der Waals surface area contributed by atoms with Crippen molar-refractivity contribution in [2.24, 2.45) is 5.92 Å². The maximum absolute atomic E-state index is 12.3. The van der Waals surface area contributed by atoms with E-state index in [9.17, 15) is 4.79 Å². The molecule has 132 valence electrons. The fourth-order valence-electron chi connectivity index (χ4n) is 3.60. The molecule has 0 radical (unpaired) electrons. The molecule has 1 aliphatic heterocycles. The Kier molecular flexibility index (Phi) is 6.00. The van der Waals surface area contributed by atoms with E-state index < -0.39 is 11.6 Å². The summed E-state index contributed by atoms with van der Waals surface area (Å²) in [6.07, 6.45) is 6.31. The van der Waals surface area contributed by atoms with E-state index in [1.54, 1.807) is 18.2 Å². The van der Waals surface area contributed by atoms with Crippen molar-refractivity contribution in [2.45, 2.75) is 54.7 Å². The SMILES string of the molecule is C[C@@]1(COC(=O)c2ccc(Cl)cc2Cl)O[C@@H]2CCCC[C@H]2C[C@H]1I. The molecular weight excluding hydrogens is 462 g/mol. The fourth-order valence-corrected chi connectivity index (χ4v) is 5.06. The third-order valence-electron chi connectivity index (χ3n) is 5.07. The Labute approximate surface area is 166 Å². The van der Waals surface area contributed by atoms with Crippen molar-refractivity contribution in [3.05, 3.63) is 33.8 Å². The van der Waals surface area contributed by atoms with E-state index in [1.165, 1.54) is 19.3 Å². The van der Waals surface area contributed by atoms with Crippen LogP contribution < -0.4 is 0 Å². The Balaban J connectivity index is 1.65. The van der Waals surface area contributed by atoms with Gasteiger partial charge in [-0.15, -0.1) is 0 Å². The van der Waals surface area contributed by atoms with Gasteiger partial charge in [0.2, 0.25) is 0 Å². The minimum Gasteiger partial charge on any atom is -0.459 e. The molecule has 0 aromatic heterocycles. The number of rotatable bonds is 3. The molecule has 0 bridgehead atoms. The number of hydrogen-bond donors (Lipinski definition) is 0.